The number of non-ortho nitro benzene ring substituents is 1. The number of benzene rings is 1. The number of nitrogens with two attached hydrogens (primary N) is 1. The van der Waals surface area contributed by atoms with Gasteiger partial charge in [0.25, 0.3) is 17.4 Å². The number of ether oxygens (including phenoxy) is 2. The maximum atomic E-state index is 10.9. The lowest BCUT2D eigenvalue weighted by Gasteiger charge is -2.09. The molecule has 19 heavy (non-hydrogen) atoms. The minimum Gasteiger partial charge on any atom is -0.477 e. The molecule has 8 nitrogen and oxygen atoms in total. The van der Waals surface area contributed by atoms with Crippen molar-refractivity contribution in [2.24, 2.45) is 5.73 Å². The lowest BCUT2D eigenvalue weighted by molar-refractivity contribution is -0.384. The van der Waals surface area contributed by atoms with E-state index in [9.17, 15) is 10.1 Å². The molecule has 2 N–H and O–H groups in total. The van der Waals surface area contributed by atoms with E-state index in [0.29, 0.717) is 16.6 Å². The summed E-state index contributed by atoms with van der Waals surface area (Å²) >= 11 is 0. The highest BCUT2D eigenvalue weighted by molar-refractivity contribution is 5.82. The van der Waals surface area contributed by atoms with Crippen LogP contribution in [-0.4, -0.2) is 29.1 Å². The molecule has 0 bridgehead atoms. The van der Waals surface area contributed by atoms with Crippen molar-refractivity contribution in [2.45, 2.75) is 6.54 Å². The molecule has 0 unspecified atom stereocenters. The van der Waals surface area contributed by atoms with Crippen LogP contribution in [0.1, 0.15) is 5.56 Å². The van der Waals surface area contributed by atoms with Crippen molar-refractivity contribution >= 4 is 16.7 Å². The van der Waals surface area contributed by atoms with Gasteiger partial charge in [-0.25, -0.2) is 9.97 Å². The summed E-state index contributed by atoms with van der Waals surface area (Å²) in [7, 11) is 2.85. The molecule has 0 radical (unpaired) electrons. The van der Waals surface area contributed by atoms with E-state index >= 15 is 0 Å². The molecular weight excluding hydrogens is 252 g/mol. The zero-order chi connectivity index (χ0) is 14.0. The van der Waals surface area contributed by atoms with Crippen molar-refractivity contribution in [3.63, 3.8) is 0 Å². The number of rotatable bonds is 4. The Morgan fingerprint density at radius 2 is 1.89 bits per heavy atom. The molecule has 100 valence electrons. The van der Waals surface area contributed by atoms with Crippen molar-refractivity contribution in [3.8, 4) is 11.8 Å². The van der Waals surface area contributed by atoms with Crippen LogP contribution in [0.2, 0.25) is 0 Å². The Balaban J connectivity index is 2.78. The van der Waals surface area contributed by atoms with Gasteiger partial charge in [0.15, 0.2) is 0 Å². The first kappa shape index (κ1) is 13.0. The van der Waals surface area contributed by atoms with Crippen molar-refractivity contribution in [1.29, 1.82) is 0 Å². The Morgan fingerprint density at radius 1 is 1.26 bits per heavy atom. The van der Waals surface area contributed by atoms with E-state index in [0.717, 1.165) is 0 Å². The number of methoxy groups -OCH3 is 2. The Bertz CT molecular complexity index is 644. The molecule has 0 aliphatic rings. The summed E-state index contributed by atoms with van der Waals surface area (Å²) in [5.74, 6) is 0.372. The summed E-state index contributed by atoms with van der Waals surface area (Å²) in [6.45, 7) is 0.113. The van der Waals surface area contributed by atoms with E-state index in [1.165, 1.54) is 26.4 Å². The average molecular weight is 264 g/mol. The van der Waals surface area contributed by atoms with Crippen LogP contribution >= 0.6 is 0 Å². The van der Waals surface area contributed by atoms with Crippen LogP contribution in [-0.2, 0) is 6.54 Å². The molecule has 0 saturated carbocycles. The van der Waals surface area contributed by atoms with Gasteiger partial charge in [-0.05, 0) is 0 Å². The van der Waals surface area contributed by atoms with Crippen molar-refractivity contribution in [3.05, 3.63) is 27.8 Å². The van der Waals surface area contributed by atoms with Crippen molar-refractivity contribution < 1.29 is 14.4 Å². The third kappa shape index (κ3) is 2.25. The minimum atomic E-state index is -0.503. The van der Waals surface area contributed by atoms with Crippen molar-refractivity contribution in [1.82, 2.24) is 9.97 Å². The minimum absolute atomic E-state index is 0.0885. The normalized spacial score (nSPS) is 10.5. The van der Waals surface area contributed by atoms with Gasteiger partial charge in [0, 0.05) is 24.2 Å². The first-order valence-electron chi connectivity index (χ1n) is 5.37. The quantitative estimate of drug-likeness (QED) is 0.647. The molecular formula is C11H12N4O4. The summed E-state index contributed by atoms with van der Waals surface area (Å²) in [4.78, 5) is 18.7. The topological polar surface area (TPSA) is 113 Å². The van der Waals surface area contributed by atoms with Crippen LogP contribution in [0.5, 0.6) is 11.8 Å². The third-order valence-electron chi connectivity index (χ3n) is 2.59. The molecule has 0 amide bonds. The van der Waals surface area contributed by atoms with Crippen LogP contribution in [0.4, 0.5) is 5.69 Å². The fourth-order valence-electron chi connectivity index (χ4n) is 1.71. The highest BCUT2D eigenvalue weighted by Crippen LogP contribution is 2.29. The third-order valence-corrected chi connectivity index (χ3v) is 2.59. The number of hydrogen-bond donors (Lipinski definition) is 1. The van der Waals surface area contributed by atoms with E-state index in [2.05, 4.69) is 9.97 Å². The molecule has 1 aromatic carbocycles. The second-order valence-corrected chi connectivity index (χ2v) is 3.68. The first-order chi connectivity index (χ1) is 9.10. The van der Waals surface area contributed by atoms with Gasteiger partial charge >= 0.3 is 0 Å². The summed E-state index contributed by atoms with van der Waals surface area (Å²) in [6.07, 6.45) is 0. The largest absolute Gasteiger partial charge is 0.477 e. The maximum absolute atomic E-state index is 10.9. The standard InChI is InChI=1S/C11H12N4O4/c1-18-10-11(19-2)14-9-6(5-12)3-7(15(16)17)4-8(9)13-10/h3-4H,5,12H2,1-2H3. The van der Waals surface area contributed by atoms with Crippen LogP contribution in [0.25, 0.3) is 11.0 Å². The molecule has 1 heterocycles. The Labute approximate surface area is 108 Å². The highest BCUT2D eigenvalue weighted by atomic mass is 16.6. The molecule has 2 rings (SSSR count). The van der Waals surface area contributed by atoms with Gasteiger partial charge in [-0.15, -0.1) is 0 Å². The number of nitro benzene ring substituents is 1. The monoisotopic (exact) mass is 264 g/mol. The number of nitrogens with zero attached hydrogens (tertiary/aromatic N) is 3. The van der Waals surface area contributed by atoms with Crippen LogP contribution < -0.4 is 15.2 Å². The van der Waals surface area contributed by atoms with Gasteiger partial charge < -0.3 is 15.2 Å². The van der Waals surface area contributed by atoms with Gasteiger partial charge in [0.1, 0.15) is 5.52 Å². The smallest absolute Gasteiger partial charge is 0.278 e. The number of aromatic nitrogens is 2. The van der Waals surface area contributed by atoms with E-state index in [-0.39, 0.29) is 24.0 Å². The van der Waals surface area contributed by atoms with E-state index in [1.807, 2.05) is 0 Å². The molecule has 0 aliphatic heterocycles. The molecule has 0 spiro atoms. The fraction of sp³-hybridized carbons (Fsp3) is 0.273. The Hall–Kier alpha value is -2.48. The van der Waals surface area contributed by atoms with Gasteiger partial charge in [0.05, 0.1) is 24.7 Å². The lowest BCUT2D eigenvalue weighted by Crippen LogP contribution is -2.04. The fourth-order valence-corrected chi connectivity index (χ4v) is 1.71. The van der Waals surface area contributed by atoms with Crippen LogP contribution in [0, 0.1) is 10.1 Å². The van der Waals surface area contributed by atoms with Gasteiger partial charge in [0.2, 0.25) is 0 Å². The van der Waals surface area contributed by atoms with Gasteiger partial charge in [-0.1, -0.05) is 0 Å². The van der Waals surface area contributed by atoms with E-state index in [4.69, 9.17) is 15.2 Å². The van der Waals surface area contributed by atoms with Gasteiger partial charge in [-0.2, -0.15) is 0 Å². The first-order valence-corrected chi connectivity index (χ1v) is 5.37. The lowest BCUT2D eigenvalue weighted by atomic mass is 10.1. The van der Waals surface area contributed by atoms with Crippen LogP contribution in [0.3, 0.4) is 0 Å². The number of fused-ring (bicyclic) bond motifs is 1. The molecule has 1 aromatic heterocycles. The second-order valence-electron chi connectivity index (χ2n) is 3.68. The summed E-state index contributed by atoms with van der Waals surface area (Å²) in [5.41, 5.74) is 6.83. The number of nitro groups is 1. The maximum Gasteiger partial charge on any atom is 0.278 e. The number of hydrogen-bond acceptors (Lipinski definition) is 7. The predicted octanol–water partition coefficient (Wildman–Crippen LogP) is 1.01. The SMILES string of the molecule is COc1nc2cc([N+](=O)[O-])cc(CN)c2nc1OC. The van der Waals surface area contributed by atoms with Gasteiger partial charge in [-0.3, -0.25) is 10.1 Å². The zero-order valence-electron chi connectivity index (χ0n) is 10.4. The molecule has 0 fully saturated rings. The Kier molecular flexibility index (Phi) is 3.43. The molecule has 0 atom stereocenters. The van der Waals surface area contributed by atoms with E-state index < -0.39 is 4.92 Å². The average Bonchev–Trinajstić information content (AvgIpc) is 2.44. The second kappa shape index (κ2) is 5.02. The molecule has 2 aromatic rings. The summed E-state index contributed by atoms with van der Waals surface area (Å²) in [6, 6.07) is 2.70. The van der Waals surface area contributed by atoms with E-state index in [1.54, 1.807) is 0 Å². The van der Waals surface area contributed by atoms with Crippen molar-refractivity contribution in [2.75, 3.05) is 14.2 Å². The Morgan fingerprint density at radius 3 is 2.42 bits per heavy atom. The van der Waals surface area contributed by atoms with Crippen LogP contribution in [0.15, 0.2) is 12.1 Å². The zero-order valence-corrected chi connectivity index (χ0v) is 10.4. The summed E-state index contributed by atoms with van der Waals surface area (Å²) < 4.78 is 10.1. The molecule has 0 saturated heterocycles. The predicted molar refractivity (Wildman–Crippen MR) is 67.2 cm³/mol. The molecule has 0 aliphatic carbocycles. The molecule has 8 heteroatoms. The summed E-state index contributed by atoms with van der Waals surface area (Å²) in [5, 5.41) is 10.9. The highest BCUT2D eigenvalue weighted by Gasteiger charge is 2.16.